The van der Waals surface area contributed by atoms with Crippen molar-refractivity contribution in [1.29, 1.82) is 0 Å². The van der Waals surface area contributed by atoms with Crippen molar-refractivity contribution >= 4 is 83.9 Å². The van der Waals surface area contributed by atoms with Crippen LogP contribution in [0.1, 0.15) is 22.8 Å². The van der Waals surface area contributed by atoms with Crippen molar-refractivity contribution in [2.45, 2.75) is 22.4 Å². The molecule has 0 unspecified atom stereocenters. The molecule has 0 fully saturated rings. The van der Waals surface area contributed by atoms with Crippen molar-refractivity contribution in [3.05, 3.63) is 58.1 Å². The zero-order valence-corrected chi connectivity index (χ0v) is 22.3. The molecular formula is C21H15ClN6O7S3. The smallest absolute Gasteiger partial charge is 0.333 e. The van der Waals surface area contributed by atoms with E-state index in [1.54, 1.807) is 0 Å². The number of amides is 4. The number of pyridine rings is 1. The van der Waals surface area contributed by atoms with E-state index in [1.807, 2.05) is 4.72 Å². The van der Waals surface area contributed by atoms with Crippen LogP contribution in [0.5, 0.6) is 0 Å². The molecule has 13 nitrogen and oxygen atoms in total. The zero-order chi connectivity index (χ0) is 27.4. The van der Waals surface area contributed by atoms with E-state index >= 15 is 0 Å². The molecule has 0 aliphatic carbocycles. The Balaban J connectivity index is 1.35. The van der Waals surface area contributed by atoms with E-state index in [4.69, 9.17) is 11.6 Å². The SMILES string of the molecule is CC1=NS(=O)(=O)c2cc3c(cc2N1)CC(=O)N(c1ccc(NC(=O)NS(=O)(=O)c2ccc(Cl)s2)cn1)C3=O. The zero-order valence-electron chi connectivity index (χ0n) is 19.1. The quantitative estimate of drug-likeness (QED) is 0.382. The number of rotatable bonds is 4. The summed E-state index contributed by atoms with van der Waals surface area (Å²) >= 11 is 6.51. The molecular weight excluding hydrogens is 580 g/mol. The molecule has 2 aliphatic heterocycles. The number of aromatic nitrogens is 1. The van der Waals surface area contributed by atoms with Gasteiger partial charge in [0.25, 0.3) is 26.0 Å². The third-order valence-electron chi connectivity index (χ3n) is 5.36. The summed E-state index contributed by atoms with van der Waals surface area (Å²) in [5, 5.41) is 5.12. The molecule has 4 amide bonds. The Morgan fingerprint density at radius 2 is 1.95 bits per heavy atom. The van der Waals surface area contributed by atoms with Gasteiger partial charge in [0.1, 0.15) is 20.8 Å². The Hall–Kier alpha value is -3.86. The van der Waals surface area contributed by atoms with Gasteiger partial charge < -0.3 is 10.6 Å². The number of hydrogen-bond donors (Lipinski definition) is 3. The fourth-order valence-corrected chi connectivity index (χ4v) is 7.35. The van der Waals surface area contributed by atoms with E-state index in [9.17, 15) is 31.2 Å². The van der Waals surface area contributed by atoms with Crippen molar-refractivity contribution in [3.63, 3.8) is 0 Å². The maximum atomic E-state index is 13.2. The topological polar surface area (TPSA) is 184 Å². The minimum Gasteiger partial charge on any atom is -0.342 e. The van der Waals surface area contributed by atoms with Crippen LogP contribution in [0.3, 0.4) is 0 Å². The largest absolute Gasteiger partial charge is 0.342 e. The summed E-state index contributed by atoms with van der Waals surface area (Å²) in [5.74, 6) is -1.30. The standard InChI is InChI=1S/C21H15ClN6O7S3/c1-10-24-14-6-11-7-18(29)28(20(30)13(11)8-15(14)37(32,33)26-10)17-4-2-12(9-23-17)25-21(31)27-38(34,35)19-5-3-16(22)36-19/h2-6,8-9H,7H2,1H3,(H,24,26)(H2,25,27,31). The third-order valence-corrected chi connectivity index (χ3v) is 9.82. The lowest BCUT2D eigenvalue weighted by Crippen LogP contribution is -2.43. The van der Waals surface area contributed by atoms with E-state index in [0.29, 0.717) is 5.56 Å². The van der Waals surface area contributed by atoms with Gasteiger partial charge >= 0.3 is 6.03 Å². The highest BCUT2D eigenvalue weighted by Gasteiger charge is 2.36. The van der Waals surface area contributed by atoms with Gasteiger partial charge in [-0.1, -0.05) is 11.6 Å². The van der Waals surface area contributed by atoms with Gasteiger partial charge in [-0.15, -0.1) is 15.7 Å². The minimum absolute atomic E-state index is 0.00532. The number of carbonyl (C=O) groups excluding carboxylic acids is 3. The van der Waals surface area contributed by atoms with E-state index < -0.39 is 37.9 Å². The van der Waals surface area contributed by atoms with Gasteiger partial charge in [-0.3, -0.25) is 9.59 Å². The predicted octanol–water partition coefficient (Wildman–Crippen LogP) is 2.57. The Kier molecular flexibility index (Phi) is 6.21. The summed E-state index contributed by atoms with van der Waals surface area (Å²) in [7, 11) is -8.18. The molecule has 3 aromatic rings. The summed E-state index contributed by atoms with van der Waals surface area (Å²) in [5.41, 5.74) is 0.644. The molecule has 0 spiro atoms. The number of benzene rings is 1. The molecule has 196 valence electrons. The summed E-state index contributed by atoms with van der Waals surface area (Å²) < 4.78 is 55.0. The molecule has 38 heavy (non-hydrogen) atoms. The fraction of sp³-hybridized carbons (Fsp3) is 0.0952. The molecule has 1 aromatic carbocycles. The molecule has 0 radical (unpaired) electrons. The molecule has 5 rings (SSSR count). The maximum absolute atomic E-state index is 13.2. The molecule has 0 saturated carbocycles. The number of urea groups is 1. The van der Waals surface area contributed by atoms with Crippen LogP contribution in [0, 0.1) is 0 Å². The molecule has 2 aliphatic rings. The van der Waals surface area contributed by atoms with E-state index in [0.717, 1.165) is 22.4 Å². The van der Waals surface area contributed by atoms with Crippen molar-refractivity contribution in [2.24, 2.45) is 4.40 Å². The Morgan fingerprint density at radius 1 is 1.18 bits per heavy atom. The first-order chi connectivity index (χ1) is 17.8. The highest BCUT2D eigenvalue weighted by molar-refractivity contribution is 7.92. The molecule has 3 N–H and O–H groups in total. The highest BCUT2D eigenvalue weighted by Crippen LogP contribution is 2.34. The van der Waals surface area contributed by atoms with Crippen LogP contribution in [0.2, 0.25) is 4.34 Å². The van der Waals surface area contributed by atoms with Crippen molar-refractivity contribution in [3.8, 4) is 0 Å². The summed E-state index contributed by atoms with van der Waals surface area (Å²) in [6.07, 6.45) is 0.930. The Labute approximate surface area is 224 Å². The van der Waals surface area contributed by atoms with Gasteiger partial charge in [-0.25, -0.2) is 27.8 Å². The predicted molar refractivity (Wildman–Crippen MR) is 139 cm³/mol. The normalized spacial score (nSPS) is 16.2. The fourth-order valence-electron chi connectivity index (χ4n) is 3.80. The number of halogens is 1. The van der Waals surface area contributed by atoms with Crippen LogP contribution in [0.15, 0.2) is 56.1 Å². The molecule has 0 saturated heterocycles. The molecule has 0 bridgehead atoms. The van der Waals surface area contributed by atoms with Crippen molar-refractivity contribution < 1.29 is 31.2 Å². The summed E-state index contributed by atoms with van der Waals surface area (Å²) in [4.78, 5) is 42.9. The van der Waals surface area contributed by atoms with Gasteiger partial charge in [0, 0.05) is 5.56 Å². The van der Waals surface area contributed by atoms with Crippen LogP contribution in [0.4, 0.5) is 22.0 Å². The minimum atomic E-state index is -4.15. The van der Waals surface area contributed by atoms with Crippen LogP contribution >= 0.6 is 22.9 Å². The average molecular weight is 595 g/mol. The number of nitrogens with zero attached hydrogens (tertiary/aromatic N) is 3. The van der Waals surface area contributed by atoms with E-state index in [2.05, 4.69) is 20.0 Å². The lowest BCUT2D eigenvalue weighted by Gasteiger charge is -2.28. The first-order valence-corrected chi connectivity index (χ1v) is 14.6. The second kappa shape index (κ2) is 9.16. The summed E-state index contributed by atoms with van der Waals surface area (Å²) in [6, 6.07) is 6.75. The van der Waals surface area contributed by atoms with Crippen LogP contribution in [0.25, 0.3) is 0 Å². The second-order valence-electron chi connectivity index (χ2n) is 8.02. The maximum Gasteiger partial charge on any atom is 0.333 e. The number of hydrogen-bond acceptors (Lipinski definition) is 10. The Bertz CT molecular complexity index is 1780. The van der Waals surface area contributed by atoms with Crippen molar-refractivity contribution in [2.75, 3.05) is 15.5 Å². The van der Waals surface area contributed by atoms with Crippen LogP contribution < -0.4 is 20.3 Å². The Morgan fingerprint density at radius 3 is 2.61 bits per heavy atom. The number of carbonyl (C=O) groups is 3. The first-order valence-electron chi connectivity index (χ1n) is 10.5. The average Bonchev–Trinajstić information content (AvgIpc) is 3.26. The molecule has 0 atom stereocenters. The van der Waals surface area contributed by atoms with Gasteiger partial charge in [0.05, 0.1) is 28.3 Å². The van der Waals surface area contributed by atoms with Crippen molar-refractivity contribution in [1.82, 2.24) is 9.71 Å². The lowest BCUT2D eigenvalue weighted by molar-refractivity contribution is -0.117. The number of amidine groups is 1. The second-order valence-corrected chi connectivity index (χ2v) is 13.2. The van der Waals surface area contributed by atoms with E-state index in [-0.39, 0.29) is 48.5 Å². The van der Waals surface area contributed by atoms with E-state index in [1.165, 1.54) is 43.3 Å². The number of nitrogens with one attached hydrogen (secondary N) is 3. The van der Waals surface area contributed by atoms with Gasteiger partial charge in [0.15, 0.2) is 0 Å². The van der Waals surface area contributed by atoms with Gasteiger partial charge in [0.2, 0.25) is 5.91 Å². The van der Waals surface area contributed by atoms with Crippen LogP contribution in [-0.2, 0) is 31.3 Å². The third kappa shape index (κ3) is 4.73. The number of sulfonamides is 2. The number of imide groups is 1. The molecule has 2 aromatic heterocycles. The first kappa shape index (κ1) is 25.8. The highest BCUT2D eigenvalue weighted by atomic mass is 35.5. The lowest BCUT2D eigenvalue weighted by atomic mass is 9.97. The number of fused-ring (bicyclic) bond motifs is 2. The monoisotopic (exact) mass is 594 g/mol. The molecule has 17 heteroatoms. The van der Waals surface area contributed by atoms with Crippen LogP contribution in [-0.4, -0.2) is 45.5 Å². The number of thiophene rings is 1. The van der Waals surface area contributed by atoms with Gasteiger partial charge in [-0.2, -0.15) is 8.42 Å². The van der Waals surface area contributed by atoms with Gasteiger partial charge in [-0.05, 0) is 48.9 Å². The summed E-state index contributed by atoms with van der Waals surface area (Å²) in [6.45, 7) is 1.48. The molecule has 4 heterocycles. The number of anilines is 3.